The van der Waals surface area contributed by atoms with Crippen molar-refractivity contribution in [3.05, 3.63) is 35.4 Å². The minimum absolute atomic E-state index is 0.140. The molecule has 0 saturated carbocycles. The first-order valence-corrected chi connectivity index (χ1v) is 5.43. The van der Waals surface area contributed by atoms with Gasteiger partial charge in [-0.1, -0.05) is 31.2 Å². The number of rotatable bonds is 6. The summed E-state index contributed by atoms with van der Waals surface area (Å²) in [6, 6.07) is 8.18. The molecule has 2 heteroatoms. The van der Waals surface area contributed by atoms with E-state index in [-0.39, 0.29) is 12.4 Å². The number of carbonyl (C=O) groups excluding carboxylic acids is 1. The van der Waals surface area contributed by atoms with Gasteiger partial charge in [0.25, 0.3) is 0 Å². The average molecular weight is 206 g/mol. The molecule has 0 N–H and O–H groups in total. The Labute approximate surface area is 91.3 Å². The number of carbonyl (C=O) groups is 1. The van der Waals surface area contributed by atoms with E-state index in [0.29, 0.717) is 13.0 Å². The Morgan fingerprint density at radius 1 is 1.13 bits per heavy atom. The van der Waals surface area contributed by atoms with E-state index in [0.717, 1.165) is 12.0 Å². The first-order valence-electron chi connectivity index (χ1n) is 5.43. The van der Waals surface area contributed by atoms with Crippen LogP contribution in [0.3, 0.4) is 0 Å². The molecule has 0 spiro atoms. The summed E-state index contributed by atoms with van der Waals surface area (Å²) < 4.78 is 5.06. The highest BCUT2D eigenvalue weighted by Crippen LogP contribution is 2.06. The molecule has 1 aromatic carbocycles. The zero-order valence-electron chi connectivity index (χ0n) is 9.45. The van der Waals surface area contributed by atoms with Gasteiger partial charge in [-0.25, -0.2) is 0 Å². The molecule has 0 fully saturated rings. The van der Waals surface area contributed by atoms with Crippen LogP contribution in [0.1, 0.15) is 25.0 Å². The van der Waals surface area contributed by atoms with Crippen LogP contribution in [0, 0.1) is 0 Å². The van der Waals surface area contributed by atoms with Crippen LogP contribution in [0.5, 0.6) is 0 Å². The van der Waals surface area contributed by atoms with Gasteiger partial charge >= 0.3 is 0 Å². The van der Waals surface area contributed by atoms with E-state index in [1.54, 1.807) is 0 Å². The summed E-state index contributed by atoms with van der Waals surface area (Å²) in [4.78, 5) is 11.4. The normalized spacial score (nSPS) is 10.3. The Morgan fingerprint density at radius 3 is 2.27 bits per heavy atom. The van der Waals surface area contributed by atoms with Crippen molar-refractivity contribution in [2.45, 2.75) is 26.7 Å². The lowest BCUT2D eigenvalue weighted by molar-refractivity contribution is -0.122. The predicted molar refractivity (Wildman–Crippen MR) is 61.0 cm³/mol. The zero-order valence-corrected chi connectivity index (χ0v) is 9.45. The van der Waals surface area contributed by atoms with E-state index in [4.69, 9.17) is 4.74 Å². The molecule has 2 nitrogen and oxygen atoms in total. The molecule has 0 unspecified atom stereocenters. The van der Waals surface area contributed by atoms with Gasteiger partial charge in [-0.2, -0.15) is 0 Å². The summed E-state index contributed by atoms with van der Waals surface area (Å²) in [5.41, 5.74) is 2.37. The maximum atomic E-state index is 11.4. The van der Waals surface area contributed by atoms with Gasteiger partial charge in [0.05, 0.1) is 0 Å². The van der Waals surface area contributed by atoms with Crippen LogP contribution in [-0.4, -0.2) is 19.0 Å². The molecule has 0 bridgehead atoms. The third-order valence-electron chi connectivity index (χ3n) is 2.30. The largest absolute Gasteiger partial charge is 0.374 e. The smallest absolute Gasteiger partial charge is 0.162 e. The second kappa shape index (κ2) is 6.36. The van der Waals surface area contributed by atoms with Crippen LogP contribution < -0.4 is 0 Å². The molecule has 0 radical (unpaired) electrons. The van der Waals surface area contributed by atoms with Crippen molar-refractivity contribution < 1.29 is 9.53 Å². The van der Waals surface area contributed by atoms with E-state index in [2.05, 4.69) is 19.1 Å². The number of hydrogen-bond acceptors (Lipinski definition) is 2. The Kier molecular flexibility index (Phi) is 5.05. The van der Waals surface area contributed by atoms with Gasteiger partial charge < -0.3 is 4.74 Å². The highest BCUT2D eigenvalue weighted by molar-refractivity contribution is 5.82. The van der Waals surface area contributed by atoms with Crippen LogP contribution in [0.25, 0.3) is 0 Å². The summed E-state index contributed by atoms with van der Waals surface area (Å²) in [6.07, 6.45) is 1.51. The van der Waals surface area contributed by atoms with Crippen LogP contribution in [-0.2, 0) is 22.4 Å². The fraction of sp³-hybridized carbons (Fsp3) is 0.462. The van der Waals surface area contributed by atoms with Crippen molar-refractivity contribution in [2.24, 2.45) is 0 Å². The Morgan fingerprint density at radius 2 is 1.73 bits per heavy atom. The molecule has 15 heavy (non-hydrogen) atoms. The van der Waals surface area contributed by atoms with Crippen LogP contribution >= 0.6 is 0 Å². The van der Waals surface area contributed by atoms with Gasteiger partial charge in [0.1, 0.15) is 6.61 Å². The summed E-state index contributed by atoms with van der Waals surface area (Å²) in [7, 11) is 0. The second-order valence-corrected chi connectivity index (χ2v) is 3.52. The molecule has 1 aromatic rings. The minimum atomic E-state index is 0.140. The van der Waals surface area contributed by atoms with E-state index < -0.39 is 0 Å². The van der Waals surface area contributed by atoms with Gasteiger partial charge in [-0.15, -0.1) is 0 Å². The quantitative estimate of drug-likeness (QED) is 0.714. The SMILES string of the molecule is CCOCC(=O)Cc1ccc(CC)cc1. The lowest BCUT2D eigenvalue weighted by Gasteiger charge is -2.02. The first-order chi connectivity index (χ1) is 7.26. The van der Waals surface area contributed by atoms with Gasteiger partial charge in [0.2, 0.25) is 0 Å². The van der Waals surface area contributed by atoms with Crippen LogP contribution in [0.2, 0.25) is 0 Å². The van der Waals surface area contributed by atoms with Crippen molar-refractivity contribution in [1.29, 1.82) is 0 Å². The molecule has 82 valence electrons. The van der Waals surface area contributed by atoms with Crippen molar-refractivity contribution >= 4 is 5.78 Å². The first kappa shape index (κ1) is 11.9. The summed E-state index contributed by atoms with van der Waals surface area (Å²) >= 11 is 0. The van der Waals surface area contributed by atoms with E-state index >= 15 is 0 Å². The molecule has 1 rings (SSSR count). The lowest BCUT2D eigenvalue weighted by Crippen LogP contribution is -2.11. The third-order valence-corrected chi connectivity index (χ3v) is 2.30. The van der Waals surface area contributed by atoms with E-state index in [1.807, 2.05) is 19.1 Å². The van der Waals surface area contributed by atoms with Gasteiger partial charge in [0, 0.05) is 13.0 Å². The molecule has 0 aliphatic rings. The Hall–Kier alpha value is -1.15. The van der Waals surface area contributed by atoms with Crippen molar-refractivity contribution in [2.75, 3.05) is 13.2 Å². The standard InChI is InChI=1S/C13H18O2/c1-3-11-5-7-12(8-6-11)9-13(14)10-15-4-2/h5-8H,3-4,9-10H2,1-2H3. The molecule has 0 aliphatic carbocycles. The molecule has 0 amide bonds. The number of benzene rings is 1. The minimum Gasteiger partial charge on any atom is -0.374 e. The van der Waals surface area contributed by atoms with Gasteiger partial charge in [-0.05, 0) is 24.5 Å². The van der Waals surface area contributed by atoms with E-state index in [1.165, 1.54) is 5.56 Å². The molecule has 0 heterocycles. The summed E-state index contributed by atoms with van der Waals surface area (Å²) in [5.74, 6) is 0.140. The monoisotopic (exact) mass is 206 g/mol. The second-order valence-electron chi connectivity index (χ2n) is 3.52. The summed E-state index contributed by atoms with van der Waals surface area (Å²) in [5, 5.41) is 0. The van der Waals surface area contributed by atoms with Crippen molar-refractivity contribution in [1.82, 2.24) is 0 Å². The fourth-order valence-corrected chi connectivity index (χ4v) is 1.39. The van der Waals surface area contributed by atoms with Crippen LogP contribution in [0.15, 0.2) is 24.3 Å². The molecule has 0 saturated heterocycles. The maximum Gasteiger partial charge on any atom is 0.162 e. The number of aryl methyl sites for hydroxylation is 1. The maximum absolute atomic E-state index is 11.4. The van der Waals surface area contributed by atoms with E-state index in [9.17, 15) is 4.79 Å². The Balaban J connectivity index is 2.46. The van der Waals surface area contributed by atoms with Crippen molar-refractivity contribution in [3.8, 4) is 0 Å². The predicted octanol–water partition coefficient (Wildman–Crippen LogP) is 2.40. The average Bonchev–Trinajstić information content (AvgIpc) is 2.27. The molecule has 0 aliphatic heterocycles. The third kappa shape index (κ3) is 4.26. The number of Topliss-reactive ketones (excluding diaryl/α,β-unsaturated/α-hetero) is 1. The van der Waals surface area contributed by atoms with Crippen molar-refractivity contribution in [3.63, 3.8) is 0 Å². The van der Waals surface area contributed by atoms with Gasteiger partial charge in [-0.3, -0.25) is 4.79 Å². The molecule has 0 aromatic heterocycles. The number of ketones is 1. The summed E-state index contributed by atoms with van der Waals surface area (Å²) in [6.45, 7) is 4.84. The fourth-order valence-electron chi connectivity index (χ4n) is 1.39. The molecule has 0 atom stereocenters. The number of ether oxygens (including phenoxy) is 1. The highest BCUT2D eigenvalue weighted by Gasteiger charge is 2.03. The Bertz CT molecular complexity index is 301. The van der Waals surface area contributed by atoms with Crippen LogP contribution in [0.4, 0.5) is 0 Å². The lowest BCUT2D eigenvalue weighted by atomic mass is 10.1. The van der Waals surface area contributed by atoms with Gasteiger partial charge in [0.15, 0.2) is 5.78 Å². The number of hydrogen-bond donors (Lipinski definition) is 0. The zero-order chi connectivity index (χ0) is 11.1. The highest BCUT2D eigenvalue weighted by atomic mass is 16.5. The topological polar surface area (TPSA) is 26.3 Å². The molecular weight excluding hydrogens is 188 g/mol. The molecular formula is C13H18O2.